The minimum atomic E-state index is -4.90. The van der Waals surface area contributed by atoms with E-state index < -0.39 is 79.2 Å². The minimum Gasteiger partial charge on any atom is -0.444 e. The summed E-state index contributed by atoms with van der Waals surface area (Å²) in [4.78, 5) is 49.9. The SMILES string of the molecule is CC(C)(C)OC(=O)N1CCC(C(=O)N(F)Cc2cc(-c3ccc(OC(F)(F)F)cc3)ccn2)(C(=O)N(F)Cc2cc(-c3ccc(OC(F)(F)F)cc3)ccn2)C1. The van der Waals surface area contributed by atoms with Gasteiger partial charge in [0.05, 0.1) is 24.5 Å². The number of halogens is 8. The maximum atomic E-state index is 15.9. The normalized spacial score (nSPS) is 14.2. The standard InChI is InChI=1S/C37H33F8N5O6/c1-34(2,3)56-33(53)48-17-14-35(22-48,31(51)49(44)20-27-18-25(12-15-46-27)23-4-8-29(9-5-23)54-36(38,39)40)32(52)50(45)21-28-19-26(13-16-47-28)24-6-10-30(11-7-24)55-37(41,42)43/h4-13,15-16,18-19H,14,17,20-22H2,1-3H3. The molecule has 1 aliphatic rings. The summed E-state index contributed by atoms with van der Waals surface area (Å²) in [5, 5.41) is -0.663. The van der Waals surface area contributed by atoms with Crippen molar-refractivity contribution in [2.75, 3.05) is 13.1 Å². The van der Waals surface area contributed by atoms with Crippen LogP contribution < -0.4 is 9.47 Å². The maximum absolute atomic E-state index is 15.9. The number of amides is 3. The van der Waals surface area contributed by atoms with Crippen molar-refractivity contribution in [3.63, 3.8) is 0 Å². The molecule has 56 heavy (non-hydrogen) atoms. The average Bonchev–Trinajstić information content (AvgIpc) is 3.57. The second kappa shape index (κ2) is 16.0. The van der Waals surface area contributed by atoms with Crippen LogP contribution in [0, 0.1) is 5.41 Å². The zero-order chi connectivity index (χ0) is 41.1. The van der Waals surface area contributed by atoms with Gasteiger partial charge in [0.15, 0.2) is 5.41 Å². The fraction of sp³-hybridized carbons (Fsp3) is 0.324. The molecule has 3 amide bonds. The Kier molecular flexibility index (Phi) is 11.8. The quantitative estimate of drug-likeness (QED) is 0.0895. The van der Waals surface area contributed by atoms with Gasteiger partial charge in [-0.3, -0.25) is 19.6 Å². The van der Waals surface area contributed by atoms with E-state index in [0.717, 1.165) is 29.2 Å². The van der Waals surface area contributed by atoms with Crippen molar-refractivity contribution < 1.29 is 63.9 Å². The highest BCUT2D eigenvalue weighted by molar-refractivity contribution is 6.05. The molecule has 0 N–H and O–H groups in total. The summed E-state index contributed by atoms with van der Waals surface area (Å²) >= 11 is 0. The monoisotopic (exact) mass is 795 g/mol. The van der Waals surface area contributed by atoms with Crippen molar-refractivity contribution in [2.45, 2.75) is 58.6 Å². The van der Waals surface area contributed by atoms with E-state index in [9.17, 15) is 40.7 Å². The summed E-state index contributed by atoms with van der Waals surface area (Å²) in [6, 6.07) is 15.2. The number of likely N-dealkylation sites (tertiary alicyclic amines) is 1. The number of hydrogen-bond donors (Lipinski definition) is 0. The molecule has 19 heteroatoms. The van der Waals surface area contributed by atoms with Crippen LogP contribution in [0.2, 0.25) is 0 Å². The Morgan fingerprint density at radius 1 is 0.679 bits per heavy atom. The van der Waals surface area contributed by atoms with Crippen LogP contribution in [0.1, 0.15) is 38.6 Å². The zero-order valence-corrected chi connectivity index (χ0v) is 29.8. The number of benzene rings is 2. The van der Waals surface area contributed by atoms with E-state index in [-0.39, 0.29) is 28.2 Å². The van der Waals surface area contributed by atoms with E-state index in [1.54, 1.807) is 20.8 Å². The largest absolute Gasteiger partial charge is 0.573 e. The molecule has 5 rings (SSSR count). The van der Waals surface area contributed by atoms with Gasteiger partial charge >= 0.3 is 18.8 Å². The van der Waals surface area contributed by atoms with Gasteiger partial charge in [-0.15, -0.1) is 26.3 Å². The number of ether oxygens (including phenoxy) is 3. The molecule has 4 aromatic rings. The number of rotatable bonds is 10. The maximum Gasteiger partial charge on any atom is 0.573 e. The molecule has 0 aliphatic carbocycles. The van der Waals surface area contributed by atoms with Crippen molar-refractivity contribution in [1.29, 1.82) is 0 Å². The summed E-state index contributed by atoms with van der Waals surface area (Å²) in [5.74, 6) is -3.91. The Labute approximate surface area is 314 Å². The first-order valence-electron chi connectivity index (χ1n) is 16.7. The molecular formula is C37H33F8N5O6. The van der Waals surface area contributed by atoms with Crippen LogP contribution in [-0.4, -0.2) is 74.4 Å². The number of hydrogen-bond acceptors (Lipinski definition) is 8. The first-order chi connectivity index (χ1) is 26.1. The van der Waals surface area contributed by atoms with E-state index in [2.05, 4.69) is 19.4 Å². The summed E-state index contributed by atoms with van der Waals surface area (Å²) < 4.78 is 120. The second-order valence-electron chi connectivity index (χ2n) is 13.6. The number of aromatic nitrogens is 2. The first kappa shape index (κ1) is 41.2. The van der Waals surface area contributed by atoms with Crippen LogP contribution in [0.15, 0.2) is 85.2 Å². The molecule has 2 aromatic heterocycles. The molecule has 3 heterocycles. The summed E-state index contributed by atoms with van der Waals surface area (Å²) in [5.41, 5.74) is -2.00. The van der Waals surface area contributed by atoms with Crippen LogP contribution in [0.25, 0.3) is 22.3 Å². The average molecular weight is 796 g/mol. The van der Waals surface area contributed by atoms with Crippen LogP contribution in [0.4, 0.5) is 40.1 Å². The highest BCUT2D eigenvalue weighted by Crippen LogP contribution is 2.38. The van der Waals surface area contributed by atoms with E-state index in [4.69, 9.17) is 4.74 Å². The number of nitrogens with zero attached hydrogens (tertiary/aromatic N) is 5. The third-order valence-electron chi connectivity index (χ3n) is 8.26. The molecule has 1 fully saturated rings. The third kappa shape index (κ3) is 10.6. The smallest absolute Gasteiger partial charge is 0.444 e. The second-order valence-corrected chi connectivity index (χ2v) is 13.6. The number of pyridine rings is 2. The molecule has 1 saturated heterocycles. The Balaban J connectivity index is 1.36. The van der Waals surface area contributed by atoms with Gasteiger partial charge < -0.3 is 19.1 Å². The van der Waals surface area contributed by atoms with Gasteiger partial charge in [-0.25, -0.2) is 4.79 Å². The third-order valence-corrected chi connectivity index (χ3v) is 8.26. The number of carbonyl (C=O) groups excluding carboxylic acids is 3. The number of alkyl halides is 6. The molecule has 1 aliphatic heterocycles. The Bertz CT molecular complexity index is 1920. The lowest BCUT2D eigenvalue weighted by Crippen LogP contribution is -2.52. The van der Waals surface area contributed by atoms with Crippen LogP contribution in [0.5, 0.6) is 11.5 Å². The van der Waals surface area contributed by atoms with Crippen molar-refractivity contribution in [2.24, 2.45) is 5.41 Å². The van der Waals surface area contributed by atoms with Gasteiger partial charge in [0.2, 0.25) is 0 Å². The summed E-state index contributed by atoms with van der Waals surface area (Å²) in [6.07, 6.45) is -8.70. The molecule has 0 bridgehead atoms. The van der Waals surface area contributed by atoms with Gasteiger partial charge in [0.25, 0.3) is 11.8 Å². The van der Waals surface area contributed by atoms with E-state index in [1.807, 2.05) is 0 Å². The number of carbonyl (C=O) groups is 3. The molecule has 0 saturated carbocycles. The van der Waals surface area contributed by atoms with Gasteiger partial charge in [-0.05, 0) is 98.0 Å². The molecule has 0 unspecified atom stereocenters. The first-order valence-corrected chi connectivity index (χ1v) is 16.7. The fourth-order valence-electron chi connectivity index (χ4n) is 5.81. The van der Waals surface area contributed by atoms with Crippen molar-refractivity contribution in [3.8, 4) is 33.8 Å². The van der Waals surface area contributed by atoms with E-state index in [1.165, 1.54) is 60.9 Å². The molecule has 0 spiro atoms. The highest BCUT2D eigenvalue weighted by Gasteiger charge is 2.56. The summed E-state index contributed by atoms with van der Waals surface area (Å²) in [6.45, 7) is 2.02. The lowest BCUT2D eigenvalue weighted by molar-refractivity contribution is -0.275. The highest BCUT2D eigenvalue weighted by atomic mass is 19.4. The van der Waals surface area contributed by atoms with Crippen molar-refractivity contribution in [1.82, 2.24) is 25.1 Å². The molecule has 11 nitrogen and oxygen atoms in total. The molecule has 0 radical (unpaired) electrons. The molecule has 0 atom stereocenters. The Morgan fingerprint density at radius 2 is 1.09 bits per heavy atom. The van der Waals surface area contributed by atoms with E-state index in [0.29, 0.717) is 22.3 Å². The van der Waals surface area contributed by atoms with Crippen molar-refractivity contribution >= 4 is 17.9 Å². The molecule has 2 aromatic carbocycles. The lowest BCUT2D eigenvalue weighted by Gasteiger charge is -2.31. The predicted molar refractivity (Wildman–Crippen MR) is 181 cm³/mol. The summed E-state index contributed by atoms with van der Waals surface area (Å²) in [7, 11) is 0. The van der Waals surface area contributed by atoms with Crippen LogP contribution in [0.3, 0.4) is 0 Å². The van der Waals surface area contributed by atoms with Gasteiger partial charge in [-0.2, -0.15) is 10.2 Å². The molecule has 298 valence electrons. The van der Waals surface area contributed by atoms with Crippen molar-refractivity contribution in [3.05, 3.63) is 96.6 Å². The fourth-order valence-corrected chi connectivity index (χ4v) is 5.81. The Morgan fingerprint density at radius 3 is 1.46 bits per heavy atom. The predicted octanol–water partition coefficient (Wildman–Crippen LogP) is 8.36. The minimum absolute atomic E-state index is 0.0466. The van der Waals surface area contributed by atoms with Gasteiger partial charge in [0.1, 0.15) is 17.1 Å². The molecular weight excluding hydrogens is 762 g/mol. The van der Waals surface area contributed by atoms with E-state index >= 15 is 8.96 Å². The topological polar surface area (TPSA) is 114 Å². The van der Waals surface area contributed by atoms with Crippen LogP contribution in [-0.2, 0) is 27.4 Å². The van der Waals surface area contributed by atoms with Crippen LogP contribution >= 0.6 is 0 Å². The Hall–Kier alpha value is -6.01. The van der Waals surface area contributed by atoms with Gasteiger partial charge in [0, 0.05) is 25.5 Å². The lowest BCUT2D eigenvalue weighted by atomic mass is 9.84. The zero-order valence-electron chi connectivity index (χ0n) is 29.8. The van der Waals surface area contributed by atoms with Gasteiger partial charge in [-0.1, -0.05) is 33.2 Å².